The standard InChI is InChI=1S/C20H18N6O/c1-13(27)25-18-10-16(6-7-22-18)17-12-24-26-9-8-23-19(20(17)26)15-4-2-14(11-21)3-5-15/h4,6-10,12,14H,2-3,5H2,1H3,(H,22,25,27). The van der Waals surface area contributed by atoms with Crippen molar-refractivity contribution in [2.75, 3.05) is 5.32 Å². The minimum absolute atomic E-state index is 0.0817. The van der Waals surface area contributed by atoms with Gasteiger partial charge in [-0.2, -0.15) is 10.4 Å². The van der Waals surface area contributed by atoms with Gasteiger partial charge in [-0.15, -0.1) is 0 Å². The molecule has 1 N–H and O–H groups in total. The molecule has 0 aromatic carbocycles. The predicted octanol–water partition coefficient (Wildman–Crippen LogP) is 3.46. The Morgan fingerprint density at radius 2 is 2.26 bits per heavy atom. The summed E-state index contributed by atoms with van der Waals surface area (Å²) in [6.45, 7) is 1.45. The highest BCUT2D eigenvalue weighted by molar-refractivity contribution is 5.91. The summed E-state index contributed by atoms with van der Waals surface area (Å²) in [5.41, 5.74) is 4.78. The van der Waals surface area contributed by atoms with Crippen LogP contribution in [0.1, 0.15) is 31.9 Å². The number of rotatable bonds is 3. The van der Waals surface area contributed by atoms with E-state index in [1.165, 1.54) is 6.92 Å². The molecule has 1 aliphatic rings. The molecule has 0 radical (unpaired) electrons. The zero-order valence-corrected chi connectivity index (χ0v) is 14.9. The maximum Gasteiger partial charge on any atom is 0.222 e. The number of carbonyl (C=O) groups excluding carboxylic acids is 1. The van der Waals surface area contributed by atoms with Crippen molar-refractivity contribution in [1.29, 1.82) is 5.26 Å². The van der Waals surface area contributed by atoms with Crippen molar-refractivity contribution in [1.82, 2.24) is 19.6 Å². The van der Waals surface area contributed by atoms with E-state index in [4.69, 9.17) is 5.26 Å². The average Bonchev–Trinajstić information content (AvgIpc) is 3.12. The van der Waals surface area contributed by atoms with Gasteiger partial charge in [-0.3, -0.25) is 9.78 Å². The molecule has 0 bridgehead atoms. The molecule has 1 unspecified atom stereocenters. The lowest BCUT2D eigenvalue weighted by Crippen LogP contribution is -2.07. The summed E-state index contributed by atoms with van der Waals surface area (Å²) in [5.74, 6) is 0.415. The zero-order valence-electron chi connectivity index (χ0n) is 14.9. The maximum atomic E-state index is 11.3. The minimum atomic E-state index is -0.165. The van der Waals surface area contributed by atoms with Gasteiger partial charge in [0.05, 0.1) is 29.4 Å². The van der Waals surface area contributed by atoms with Gasteiger partial charge in [0.25, 0.3) is 0 Å². The lowest BCUT2D eigenvalue weighted by atomic mass is 9.88. The first-order valence-corrected chi connectivity index (χ1v) is 8.81. The molecule has 4 rings (SSSR count). The minimum Gasteiger partial charge on any atom is -0.311 e. The van der Waals surface area contributed by atoms with Crippen molar-refractivity contribution in [3.8, 4) is 17.2 Å². The third kappa shape index (κ3) is 3.29. The van der Waals surface area contributed by atoms with E-state index in [9.17, 15) is 4.79 Å². The Morgan fingerprint density at radius 1 is 1.37 bits per heavy atom. The third-order valence-electron chi connectivity index (χ3n) is 4.70. The molecule has 134 valence electrons. The van der Waals surface area contributed by atoms with E-state index in [-0.39, 0.29) is 11.8 Å². The quantitative estimate of drug-likeness (QED) is 0.773. The van der Waals surface area contributed by atoms with Crippen LogP contribution in [0.5, 0.6) is 0 Å². The molecule has 7 nitrogen and oxygen atoms in total. The summed E-state index contributed by atoms with van der Waals surface area (Å²) in [7, 11) is 0. The van der Waals surface area contributed by atoms with Gasteiger partial charge in [-0.1, -0.05) is 6.08 Å². The van der Waals surface area contributed by atoms with E-state index in [1.54, 1.807) is 18.6 Å². The van der Waals surface area contributed by atoms with Crippen molar-refractivity contribution in [3.05, 3.63) is 48.7 Å². The SMILES string of the molecule is CC(=O)Nc1cc(-c2cnn3ccnc(C4=CCC(C#N)CC4)c23)ccn1. The Labute approximate surface area is 156 Å². The third-order valence-corrected chi connectivity index (χ3v) is 4.70. The van der Waals surface area contributed by atoms with Crippen LogP contribution in [0.4, 0.5) is 5.82 Å². The number of nitrogens with zero attached hydrogens (tertiary/aromatic N) is 5. The number of nitrogens with one attached hydrogen (secondary N) is 1. The normalized spacial score (nSPS) is 16.6. The van der Waals surface area contributed by atoms with Crippen LogP contribution in [0.2, 0.25) is 0 Å². The number of carbonyl (C=O) groups is 1. The number of hydrogen-bond donors (Lipinski definition) is 1. The first kappa shape index (κ1) is 16.9. The fraction of sp³-hybridized carbons (Fsp3) is 0.250. The Bertz CT molecular complexity index is 1090. The van der Waals surface area contributed by atoms with E-state index < -0.39 is 0 Å². The summed E-state index contributed by atoms with van der Waals surface area (Å²) >= 11 is 0. The molecule has 3 heterocycles. The number of amides is 1. The number of allylic oxidation sites excluding steroid dienone is 2. The van der Waals surface area contributed by atoms with Crippen molar-refractivity contribution in [2.45, 2.75) is 26.2 Å². The molecule has 0 aliphatic heterocycles. The highest BCUT2D eigenvalue weighted by Gasteiger charge is 2.20. The Morgan fingerprint density at radius 3 is 3.00 bits per heavy atom. The smallest absolute Gasteiger partial charge is 0.222 e. The Balaban J connectivity index is 1.81. The summed E-state index contributed by atoms with van der Waals surface area (Å²) in [4.78, 5) is 20.1. The first-order valence-electron chi connectivity index (χ1n) is 8.81. The van der Waals surface area contributed by atoms with Gasteiger partial charge in [-0.25, -0.2) is 9.50 Å². The molecule has 3 aromatic heterocycles. The van der Waals surface area contributed by atoms with Crippen molar-refractivity contribution in [2.24, 2.45) is 5.92 Å². The molecule has 7 heteroatoms. The lowest BCUT2D eigenvalue weighted by molar-refractivity contribution is -0.114. The fourth-order valence-corrected chi connectivity index (χ4v) is 3.40. The summed E-state index contributed by atoms with van der Waals surface area (Å²) < 4.78 is 1.81. The largest absolute Gasteiger partial charge is 0.311 e. The van der Waals surface area contributed by atoms with E-state index in [2.05, 4.69) is 32.5 Å². The van der Waals surface area contributed by atoms with Crippen molar-refractivity contribution < 1.29 is 4.79 Å². The topological polar surface area (TPSA) is 96.0 Å². The van der Waals surface area contributed by atoms with Crippen LogP contribution >= 0.6 is 0 Å². The molecule has 1 amide bonds. The highest BCUT2D eigenvalue weighted by Crippen LogP contribution is 2.34. The van der Waals surface area contributed by atoms with E-state index in [1.807, 2.05) is 22.8 Å². The number of nitriles is 1. The summed E-state index contributed by atoms with van der Waals surface area (Å²) in [6, 6.07) is 6.06. The molecule has 0 saturated heterocycles. The summed E-state index contributed by atoms with van der Waals surface area (Å²) in [6.07, 6.45) is 11.6. The zero-order chi connectivity index (χ0) is 18.8. The van der Waals surface area contributed by atoms with Gasteiger partial charge < -0.3 is 5.32 Å². The van der Waals surface area contributed by atoms with Gasteiger partial charge >= 0.3 is 0 Å². The van der Waals surface area contributed by atoms with Crippen molar-refractivity contribution >= 4 is 22.8 Å². The first-order chi connectivity index (χ1) is 13.2. The van der Waals surface area contributed by atoms with Crippen LogP contribution in [-0.2, 0) is 4.79 Å². The van der Waals surface area contributed by atoms with Crippen LogP contribution in [0, 0.1) is 17.2 Å². The number of pyridine rings is 1. The Kier molecular flexibility index (Phi) is 4.38. The predicted molar refractivity (Wildman–Crippen MR) is 101 cm³/mol. The van der Waals surface area contributed by atoms with Crippen LogP contribution in [0.25, 0.3) is 22.2 Å². The van der Waals surface area contributed by atoms with Gasteiger partial charge in [0.2, 0.25) is 5.91 Å². The van der Waals surface area contributed by atoms with Crippen LogP contribution in [0.3, 0.4) is 0 Å². The fourth-order valence-electron chi connectivity index (χ4n) is 3.40. The lowest BCUT2D eigenvalue weighted by Gasteiger charge is -2.17. The molecule has 0 saturated carbocycles. The van der Waals surface area contributed by atoms with Crippen LogP contribution in [-0.4, -0.2) is 25.5 Å². The summed E-state index contributed by atoms with van der Waals surface area (Å²) in [5, 5.41) is 16.3. The van der Waals surface area contributed by atoms with Crippen molar-refractivity contribution in [3.63, 3.8) is 0 Å². The second kappa shape index (κ2) is 7.00. The molecular weight excluding hydrogens is 340 g/mol. The highest BCUT2D eigenvalue weighted by atomic mass is 16.1. The van der Waals surface area contributed by atoms with Gasteiger partial charge in [0.1, 0.15) is 5.82 Å². The van der Waals surface area contributed by atoms with Gasteiger partial charge in [0, 0.05) is 31.1 Å². The molecule has 1 aliphatic carbocycles. The van der Waals surface area contributed by atoms with Crippen LogP contribution in [0.15, 0.2) is 43.0 Å². The van der Waals surface area contributed by atoms with Gasteiger partial charge in [0.15, 0.2) is 0 Å². The average molecular weight is 358 g/mol. The number of hydrogen-bond acceptors (Lipinski definition) is 5. The molecular formula is C20H18N6O. The molecule has 0 fully saturated rings. The number of aromatic nitrogens is 4. The molecule has 1 atom stereocenters. The second-order valence-electron chi connectivity index (χ2n) is 6.57. The van der Waals surface area contributed by atoms with E-state index in [0.717, 1.165) is 47.2 Å². The maximum absolute atomic E-state index is 11.3. The van der Waals surface area contributed by atoms with Crippen LogP contribution < -0.4 is 5.32 Å². The monoisotopic (exact) mass is 358 g/mol. The number of fused-ring (bicyclic) bond motifs is 1. The molecule has 0 spiro atoms. The molecule has 27 heavy (non-hydrogen) atoms. The second-order valence-corrected chi connectivity index (χ2v) is 6.57. The number of anilines is 1. The van der Waals surface area contributed by atoms with E-state index >= 15 is 0 Å². The molecule has 3 aromatic rings. The van der Waals surface area contributed by atoms with E-state index in [0.29, 0.717) is 5.82 Å². The Hall–Kier alpha value is -3.53. The van der Waals surface area contributed by atoms with Gasteiger partial charge in [-0.05, 0) is 42.5 Å².